The highest BCUT2D eigenvalue weighted by atomic mass is 35.5. The number of benzene rings is 1. The number of hydrogen-bond donors (Lipinski definition) is 1. The van der Waals surface area contributed by atoms with Crippen LogP contribution in [0.3, 0.4) is 0 Å². The fourth-order valence-electron chi connectivity index (χ4n) is 2.11. The van der Waals surface area contributed by atoms with Gasteiger partial charge in [-0.05, 0) is 25.3 Å². The van der Waals surface area contributed by atoms with Gasteiger partial charge in [-0.2, -0.15) is 0 Å². The van der Waals surface area contributed by atoms with E-state index < -0.39 is 17.1 Å². The van der Waals surface area contributed by atoms with Crippen molar-refractivity contribution in [2.24, 2.45) is 0 Å². The molecule has 0 saturated heterocycles. The fourth-order valence-corrected chi connectivity index (χ4v) is 2.27. The van der Waals surface area contributed by atoms with Crippen LogP contribution in [0.4, 0.5) is 5.69 Å². The van der Waals surface area contributed by atoms with Gasteiger partial charge in [-0.1, -0.05) is 18.0 Å². The van der Waals surface area contributed by atoms with Crippen LogP contribution in [0.25, 0.3) is 0 Å². The molecule has 98 valence electrons. The first-order valence-electron chi connectivity index (χ1n) is 5.86. The number of nitro groups is 1. The summed E-state index contributed by atoms with van der Waals surface area (Å²) < 4.78 is 5.56. The molecule has 2 rings (SSSR count). The van der Waals surface area contributed by atoms with Crippen LogP contribution in [-0.2, 0) is 0 Å². The standard InChI is InChI=1S/C12H14ClNO4/c13-8-5-6-9(14(16)17)12(7-8)18-11-4-2-1-3-10(11)15/h5-7,10-11,15H,1-4H2. The van der Waals surface area contributed by atoms with Gasteiger partial charge in [-0.25, -0.2) is 0 Å². The molecule has 0 radical (unpaired) electrons. The minimum atomic E-state index is -0.572. The van der Waals surface area contributed by atoms with Crippen molar-refractivity contribution in [3.05, 3.63) is 33.3 Å². The predicted molar refractivity (Wildman–Crippen MR) is 67.0 cm³/mol. The van der Waals surface area contributed by atoms with E-state index in [-0.39, 0.29) is 11.4 Å². The molecule has 1 aromatic carbocycles. The summed E-state index contributed by atoms with van der Waals surface area (Å²) >= 11 is 5.81. The Bertz CT molecular complexity index is 452. The quantitative estimate of drug-likeness (QED) is 0.678. The molecule has 0 aromatic heterocycles. The zero-order valence-corrected chi connectivity index (χ0v) is 10.5. The maximum atomic E-state index is 10.9. The van der Waals surface area contributed by atoms with E-state index in [9.17, 15) is 15.2 Å². The largest absolute Gasteiger partial charge is 0.481 e. The van der Waals surface area contributed by atoms with Crippen LogP contribution >= 0.6 is 11.6 Å². The van der Waals surface area contributed by atoms with Crippen LogP contribution in [0, 0.1) is 10.1 Å². The van der Waals surface area contributed by atoms with Gasteiger partial charge >= 0.3 is 5.69 Å². The molecule has 0 aliphatic heterocycles. The SMILES string of the molecule is O=[N+]([O-])c1ccc(Cl)cc1OC1CCCCC1O. The van der Waals surface area contributed by atoms with Crippen molar-refractivity contribution in [2.75, 3.05) is 0 Å². The van der Waals surface area contributed by atoms with Crippen LogP contribution in [0.5, 0.6) is 5.75 Å². The Morgan fingerprint density at radius 3 is 2.78 bits per heavy atom. The molecule has 1 aliphatic rings. The van der Waals surface area contributed by atoms with Crippen LogP contribution in [-0.4, -0.2) is 22.2 Å². The molecule has 0 heterocycles. The molecule has 5 nitrogen and oxygen atoms in total. The number of halogens is 1. The Morgan fingerprint density at radius 1 is 1.39 bits per heavy atom. The van der Waals surface area contributed by atoms with Crippen LogP contribution in [0.1, 0.15) is 25.7 Å². The third-order valence-corrected chi connectivity index (χ3v) is 3.30. The lowest BCUT2D eigenvalue weighted by atomic mass is 9.95. The summed E-state index contributed by atoms with van der Waals surface area (Å²) in [4.78, 5) is 10.4. The first-order valence-corrected chi connectivity index (χ1v) is 6.24. The van der Waals surface area contributed by atoms with Gasteiger partial charge in [0.2, 0.25) is 0 Å². The van der Waals surface area contributed by atoms with Crippen molar-refractivity contribution in [1.82, 2.24) is 0 Å². The van der Waals surface area contributed by atoms with Gasteiger partial charge < -0.3 is 9.84 Å². The lowest BCUT2D eigenvalue weighted by molar-refractivity contribution is -0.386. The summed E-state index contributed by atoms with van der Waals surface area (Å²) in [7, 11) is 0. The maximum absolute atomic E-state index is 10.9. The molecule has 6 heteroatoms. The van der Waals surface area contributed by atoms with Crippen LogP contribution in [0.15, 0.2) is 18.2 Å². The van der Waals surface area contributed by atoms with Crippen molar-refractivity contribution in [2.45, 2.75) is 37.9 Å². The molecule has 1 aliphatic carbocycles. The molecular weight excluding hydrogens is 258 g/mol. The average molecular weight is 272 g/mol. The van der Waals surface area contributed by atoms with Gasteiger partial charge in [0.05, 0.1) is 11.0 Å². The number of aliphatic hydroxyl groups excluding tert-OH is 1. The van der Waals surface area contributed by atoms with Crippen molar-refractivity contribution in [1.29, 1.82) is 0 Å². The molecule has 1 N–H and O–H groups in total. The molecule has 2 unspecified atom stereocenters. The summed E-state index contributed by atoms with van der Waals surface area (Å²) in [6.45, 7) is 0. The topological polar surface area (TPSA) is 72.6 Å². The summed E-state index contributed by atoms with van der Waals surface area (Å²) in [6.07, 6.45) is 2.31. The maximum Gasteiger partial charge on any atom is 0.311 e. The number of ether oxygens (including phenoxy) is 1. The summed E-state index contributed by atoms with van der Waals surface area (Å²) in [5.74, 6) is 0.124. The molecule has 1 aromatic rings. The van der Waals surface area contributed by atoms with E-state index in [1.165, 1.54) is 18.2 Å². The summed E-state index contributed by atoms with van der Waals surface area (Å²) in [5.41, 5.74) is -0.128. The van der Waals surface area contributed by atoms with E-state index in [1.54, 1.807) is 0 Å². The second-order valence-corrected chi connectivity index (χ2v) is 4.81. The average Bonchev–Trinajstić information content (AvgIpc) is 2.32. The molecule has 0 bridgehead atoms. The Balaban J connectivity index is 2.21. The minimum absolute atomic E-state index is 0.124. The van der Waals surface area contributed by atoms with Gasteiger partial charge in [-0.15, -0.1) is 0 Å². The van der Waals surface area contributed by atoms with E-state index in [4.69, 9.17) is 16.3 Å². The predicted octanol–water partition coefficient (Wildman–Crippen LogP) is 2.93. The zero-order valence-electron chi connectivity index (χ0n) is 9.71. The normalized spacial score (nSPS) is 23.7. The minimum Gasteiger partial charge on any atom is -0.481 e. The molecular formula is C12H14ClNO4. The summed E-state index contributed by atoms with van der Waals surface area (Å²) in [6, 6.07) is 4.18. The van der Waals surface area contributed by atoms with E-state index in [0.29, 0.717) is 17.9 Å². The van der Waals surface area contributed by atoms with E-state index in [2.05, 4.69) is 0 Å². The Hall–Kier alpha value is -1.33. The molecule has 1 saturated carbocycles. The van der Waals surface area contributed by atoms with Gasteiger partial charge in [0, 0.05) is 17.2 Å². The lowest BCUT2D eigenvalue weighted by Crippen LogP contribution is -2.34. The molecule has 18 heavy (non-hydrogen) atoms. The fraction of sp³-hybridized carbons (Fsp3) is 0.500. The van der Waals surface area contributed by atoms with Crippen molar-refractivity contribution < 1.29 is 14.8 Å². The van der Waals surface area contributed by atoms with Gasteiger partial charge in [0.15, 0.2) is 5.75 Å². The zero-order chi connectivity index (χ0) is 13.1. The monoisotopic (exact) mass is 271 g/mol. The van der Waals surface area contributed by atoms with E-state index in [1.807, 2.05) is 0 Å². The van der Waals surface area contributed by atoms with Crippen molar-refractivity contribution >= 4 is 17.3 Å². The Morgan fingerprint density at radius 2 is 2.11 bits per heavy atom. The number of aliphatic hydroxyl groups is 1. The van der Waals surface area contributed by atoms with Gasteiger partial charge in [0.25, 0.3) is 0 Å². The number of rotatable bonds is 3. The van der Waals surface area contributed by atoms with E-state index in [0.717, 1.165) is 12.8 Å². The Kier molecular flexibility index (Phi) is 4.04. The summed E-state index contributed by atoms with van der Waals surface area (Å²) in [5, 5.41) is 21.1. The second-order valence-electron chi connectivity index (χ2n) is 4.38. The molecule has 1 fully saturated rings. The molecule has 2 atom stereocenters. The highest BCUT2D eigenvalue weighted by Gasteiger charge is 2.27. The van der Waals surface area contributed by atoms with Crippen LogP contribution < -0.4 is 4.74 Å². The molecule has 0 spiro atoms. The first-order chi connectivity index (χ1) is 8.58. The second kappa shape index (κ2) is 5.54. The Labute approximate surface area is 109 Å². The number of nitro benzene ring substituents is 1. The van der Waals surface area contributed by atoms with Gasteiger partial charge in [0.1, 0.15) is 6.10 Å². The highest BCUT2D eigenvalue weighted by Crippen LogP contribution is 2.33. The smallest absolute Gasteiger partial charge is 0.311 e. The number of nitrogens with zero attached hydrogens (tertiary/aromatic N) is 1. The van der Waals surface area contributed by atoms with Crippen molar-refractivity contribution in [3.8, 4) is 5.75 Å². The first kappa shape index (κ1) is 13.1. The van der Waals surface area contributed by atoms with Crippen LogP contribution in [0.2, 0.25) is 5.02 Å². The lowest BCUT2D eigenvalue weighted by Gasteiger charge is -2.27. The number of hydrogen-bond acceptors (Lipinski definition) is 4. The van der Waals surface area contributed by atoms with E-state index >= 15 is 0 Å². The van der Waals surface area contributed by atoms with Gasteiger partial charge in [-0.3, -0.25) is 10.1 Å². The third-order valence-electron chi connectivity index (χ3n) is 3.06. The molecule has 0 amide bonds. The van der Waals surface area contributed by atoms with Crippen molar-refractivity contribution in [3.63, 3.8) is 0 Å². The highest BCUT2D eigenvalue weighted by molar-refractivity contribution is 6.30. The third kappa shape index (κ3) is 2.91.